The summed E-state index contributed by atoms with van der Waals surface area (Å²) in [5.74, 6) is -8.58. The molecule has 38 heteroatoms. The summed E-state index contributed by atoms with van der Waals surface area (Å²) in [5, 5.41) is 205. The second-order valence-corrected chi connectivity index (χ2v) is 21.2. The molecule has 6 fully saturated rings. The summed E-state index contributed by atoms with van der Waals surface area (Å²) in [6.07, 6.45) is -53.1. The van der Waals surface area contributed by atoms with Crippen molar-refractivity contribution < 1.29 is 168 Å². The van der Waals surface area contributed by atoms with Gasteiger partial charge in [-0.2, -0.15) is 0 Å². The maximum Gasteiger partial charge on any atom is 0.364 e. The van der Waals surface area contributed by atoms with E-state index in [-0.39, 0.29) is 0 Å². The molecule has 0 spiro atoms. The Morgan fingerprint density at radius 2 is 0.918 bits per heavy atom. The number of aliphatic carboxylic acids is 1. The molecule has 6 saturated heterocycles. The summed E-state index contributed by atoms with van der Waals surface area (Å²) in [4.78, 5) is 62.3. The van der Waals surface area contributed by atoms with Crippen LogP contribution >= 0.6 is 0 Å². The van der Waals surface area contributed by atoms with Crippen LogP contribution in [0.2, 0.25) is 0 Å². The highest BCUT2D eigenvalue weighted by molar-refractivity contribution is 5.77. The molecule has 31 atom stereocenters. The molecule has 6 aliphatic rings. The van der Waals surface area contributed by atoms with Gasteiger partial charge in [0.1, 0.15) is 140 Å². The molecule has 0 unspecified atom stereocenters. The second-order valence-electron chi connectivity index (χ2n) is 21.2. The number of aliphatic hydroxyl groups is 17. The predicted molar refractivity (Wildman–Crippen MR) is 263 cm³/mol. The van der Waals surface area contributed by atoms with E-state index >= 15 is 0 Å². The Morgan fingerprint density at radius 3 is 1.44 bits per heavy atom. The lowest BCUT2D eigenvalue weighted by Crippen LogP contribution is -2.71. The summed E-state index contributed by atoms with van der Waals surface area (Å²) < 4.78 is 63.2. The van der Waals surface area contributed by atoms with Crippen molar-refractivity contribution in [3.8, 4) is 0 Å². The Morgan fingerprint density at radius 1 is 0.482 bits per heavy atom. The zero-order valence-corrected chi connectivity index (χ0v) is 45.9. The van der Waals surface area contributed by atoms with Gasteiger partial charge in [0.05, 0.1) is 51.8 Å². The topological polar surface area (TPSA) is 599 Å². The molecular formula is C47H78N4O34. The number of hydrogen-bond donors (Lipinski definition) is 22. The van der Waals surface area contributed by atoms with Crippen LogP contribution in [0.4, 0.5) is 0 Å². The fraction of sp³-hybridized carbons (Fsp3) is 0.894. The smallest absolute Gasteiger partial charge is 0.364 e. The number of rotatable bonds is 23. The van der Waals surface area contributed by atoms with Crippen LogP contribution < -0.4 is 21.3 Å². The first-order chi connectivity index (χ1) is 40.0. The van der Waals surface area contributed by atoms with Gasteiger partial charge in [0.15, 0.2) is 31.5 Å². The normalized spacial score (nSPS) is 45.0. The van der Waals surface area contributed by atoms with E-state index < -0.39 is 265 Å². The third-order valence-electron chi connectivity index (χ3n) is 15.0. The molecule has 4 amide bonds. The van der Waals surface area contributed by atoms with E-state index in [1.54, 1.807) is 0 Å². The minimum absolute atomic E-state index is 0.766. The molecule has 490 valence electrons. The Labute approximate surface area is 481 Å². The Balaban J connectivity index is 1.21. The minimum atomic E-state index is -3.19. The summed E-state index contributed by atoms with van der Waals surface area (Å²) in [7, 11) is 0. The van der Waals surface area contributed by atoms with E-state index in [4.69, 9.17) is 52.1 Å². The van der Waals surface area contributed by atoms with Crippen molar-refractivity contribution in [3.05, 3.63) is 0 Å². The molecular weight excluding hydrogens is 1160 g/mol. The van der Waals surface area contributed by atoms with Gasteiger partial charge in [0.2, 0.25) is 23.6 Å². The number of hydrogen-bond acceptors (Lipinski definition) is 33. The van der Waals surface area contributed by atoms with E-state index in [0.717, 1.165) is 27.7 Å². The lowest BCUT2D eigenvalue weighted by molar-refractivity contribution is -0.383. The standard InChI is InChI=1S/C47H78N4O34/c1-12(57)48-23-16(61)5-47(46(73)74,84-38(23)27(63)17(62)6-52)85-40-30(66)20(9-55)79-45(35(40)71)81-36-21(10-56)80-42(25(33(36)69)50-14(3)59)75-11-22-31(67)37(26(41(72)76-22)51-15(4)60)82-44-34(70)39(29(65)19(8-54)78-44)83-43-24(49-13(2)58)32(68)28(64)18(7-53)77-43/h16-45,52-56,61-72H,5-11H2,1-4H3,(H,48,57)(H,49,58)(H,50,59)(H,51,60)(H,73,74)/t16-,17+,18+,19+,20+,21+,22+,23+,24+,25+,26+,27+,28-,29-,30-,31-,32+,33+,34+,35+,36+,37+,38+,39-,40-,41-,42+,43+,44-,45-,47-/m0/s1. The third kappa shape index (κ3) is 15.8. The molecule has 85 heavy (non-hydrogen) atoms. The van der Waals surface area contributed by atoms with Gasteiger partial charge in [0, 0.05) is 34.1 Å². The Bertz CT molecular complexity index is 2220. The lowest BCUT2D eigenvalue weighted by Gasteiger charge is -2.51. The van der Waals surface area contributed by atoms with Crippen molar-refractivity contribution in [2.45, 2.75) is 224 Å². The van der Waals surface area contributed by atoms with E-state index in [9.17, 15) is 116 Å². The number of aliphatic hydroxyl groups excluding tert-OH is 17. The number of carbonyl (C=O) groups is 5. The molecule has 0 aromatic carbocycles. The summed E-state index contributed by atoms with van der Waals surface area (Å²) >= 11 is 0. The van der Waals surface area contributed by atoms with Gasteiger partial charge >= 0.3 is 5.97 Å². The van der Waals surface area contributed by atoms with Crippen LogP contribution in [-0.4, -0.2) is 351 Å². The molecule has 6 aliphatic heterocycles. The lowest BCUT2D eigenvalue weighted by atomic mass is 9.88. The molecule has 0 bridgehead atoms. The van der Waals surface area contributed by atoms with Crippen molar-refractivity contribution >= 4 is 29.6 Å². The van der Waals surface area contributed by atoms with Gasteiger partial charge in [-0.1, -0.05) is 0 Å². The summed E-state index contributed by atoms with van der Waals surface area (Å²) in [6.45, 7) is -2.18. The molecule has 22 N–H and O–H groups in total. The number of ether oxygens (including phenoxy) is 11. The number of carbonyl (C=O) groups excluding carboxylic acids is 4. The summed E-state index contributed by atoms with van der Waals surface area (Å²) in [6, 6.07) is -6.80. The van der Waals surface area contributed by atoms with Crippen molar-refractivity contribution in [2.24, 2.45) is 0 Å². The maximum atomic E-state index is 13.0. The Hall–Kier alpha value is -3.77. The highest BCUT2D eigenvalue weighted by atomic mass is 16.8. The molecule has 0 aliphatic carbocycles. The maximum absolute atomic E-state index is 13.0. The molecule has 0 radical (unpaired) electrons. The molecule has 0 aromatic rings. The summed E-state index contributed by atoms with van der Waals surface area (Å²) in [5.41, 5.74) is 0. The van der Waals surface area contributed by atoms with Gasteiger partial charge < -0.3 is 165 Å². The molecule has 6 heterocycles. The van der Waals surface area contributed by atoms with Crippen LogP contribution in [0.25, 0.3) is 0 Å². The SMILES string of the molecule is CC(=O)N[C@@H]1[C@@H](O[C@@H]2O[C@H](CO)[C@H](O)[C@H](O[C@H]3O[C@H](CO)[C@H](O)[C@H](O)[C@H]3NC(C)=O)[C@H]2O)[C@@H](O)[C@@H](CO[C@@H]2O[C@H](CO)[C@@H](O[C@@H]3O[C@H](CO)[C@H](O)[C@H](O[C@]4(C(=O)O)C[C@H](O)[C@@H](NC(C)=O)[C@H]([C@H](O)[C@H](O)CO)O4)[C@H]3O)[C@H](O)[C@H]2NC(C)=O)O[C@@H]1O. The van der Waals surface area contributed by atoms with Crippen LogP contribution in [0.15, 0.2) is 0 Å². The van der Waals surface area contributed by atoms with Crippen molar-refractivity contribution in [1.29, 1.82) is 0 Å². The van der Waals surface area contributed by atoms with E-state index in [1.807, 2.05) is 0 Å². The number of nitrogens with one attached hydrogen (secondary N) is 4. The van der Waals surface area contributed by atoms with Gasteiger partial charge in [-0.25, -0.2) is 4.79 Å². The first-order valence-corrected chi connectivity index (χ1v) is 26.7. The Kier molecular flexibility index (Phi) is 24.9. The number of carboxylic acid groups (broad SMARTS) is 1. The monoisotopic (exact) mass is 1240 g/mol. The van der Waals surface area contributed by atoms with E-state index in [2.05, 4.69) is 21.3 Å². The van der Waals surface area contributed by atoms with Crippen molar-refractivity contribution in [2.75, 3.05) is 39.6 Å². The quantitative estimate of drug-likeness (QED) is 0.0452. The number of carboxylic acids is 1. The molecule has 38 nitrogen and oxygen atoms in total. The van der Waals surface area contributed by atoms with E-state index in [0.29, 0.717) is 0 Å². The highest BCUT2D eigenvalue weighted by Gasteiger charge is 2.61. The fourth-order valence-corrected chi connectivity index (χ4v) is 10.7. The van der Waals surface area contributed by atoms with Gasteiger partial charge in [0.25, 0.3) is 5.79 Å². The largest absolute Gasteiger partial charge is 0.477 e. The van der Waals surface area contributed by atoms with E-state index in [1.165, 1.54) is 0 Å². The highest BCUT2D eigenvalue weighted by Crippen LogP contribution is 2.39. The van der Waals surface area contributed by atoms with Crippen LogP contribution in [0, 0.1) is 0 Å². The second kappa shape index (κ2) is 30.2. The van der Waals surface area contributed by atoms with Crippen molar-refractivity contribution in [1.82, 2.24) is 21.3 Å². The van der Waals surface area contributed by atoms with Gasteiger partial charge in [-0.3, -0.25) is 19.2 Å². The average Bonchev–Trinajstić information content (AvgIpc) is 3.63. The van der Waals surface area contributed by atoms with Crippen LogP contribution in [-0.2, 0) is 76.1 Å². The van der Waals surface area contributed by atoms with Crippen LogP contribution in [0.3, 0.4) is 0 Å². The predicted octanol–water partition coefficient (Wildman–Crippen LogP) is -14.3. The minimum Gasteiger partial charge on any atom is -0.477 e. The zero-order chi connectivity index (χ0) is 63.3. The average molecular weight is 1240 g/mol. The molecule has 6 rings (SSSR count). The van der Waals surface area contributed by atoms with Crippen LogP contribution in [0.1, 0.15) is 34.1 Å². The van der Waals surface area contributed by atoms with Gasteiger partial charge in [-0.15, -0.1) is 0 Å². The number of amides is 4. The fourth-order valence-electron chi connectivity index (χ4n) is 10.7. The van der Waals surface area contributed by atoms with Crippen molar-refractivity contribution in [3.63, 3.8) is 0 Å². The third-order valence-corrected chi connectivity index (χ3v) is 15.0. The molecule has 0 aromatic heterocycles. The molecule has 0 saturated carbocycles. The first-order valence-electron chi connectivity index (χ1n) is 26.7. The zero-order valence-electron chi connectivity index (χ0n) is 45.9. The first kappa shape index (κ1) is 70.3. The van der Waals surface area contributed by atoms with Crippen LogP contribution in [0.5, 0.6) is 0 Å². The van der Waals surface area contributed by atoms with Gasteiger partial charge in [-0.05, 0) is 0 Å².